The van der Waals surface area contributed by atoms with Crippen molar-refractivity contribution < 1.29 is 14.0 Å². The van der Waals surface area contributed by atoms with Gasteiger partial charge in [-0.1, -0.05) is 32.9 Å². The van der Waals surface area contributed by atoms with Crippen LogP contribution < -0.4 is 16.0 Å². The molecule has 0 aliphatic rings. The van der Waals surface area contributed by atoms with E-state index in [0.29, 0.717) is 6.54 Å². The Labute approximate surface area is 130 Å². The van der Waals surface area contributed by atoms with E-state index in [-0.39, 0.29) is 24.3 Å². The van der Waals surface area contributed by atoms with Gasteiger partial charge in [-0.05, 0) is 30.0 Å². The van der Waals surface area contributed by atoms with Gasteiger partial charge in [0.1, 0.15) is 5.82 Å². The van der Waals surface area contributed by atoms with E-state index in [1.54, 1.807) is 12.1 Å². The summed E-state index contributed by atoms with van der Waals surface area (Å²) < 4.78 is 13.0. The standard InChI is InChI=1S/C16H24FN3O2/c1-4-9-18-16(22)20-14(21)10-19-15(11(2)3)12-5-7-13(17)8-6-12/h5-8,11,15,19H,4,9-10H2,1-3H3,(H2,18,20,21,22)/t15-/m0/s1. The Morgan fingerprint density at radius 1 is 1.18 bits per heavy atom. The molecule has 0 heterocycles. The van der Waals surface area contributed by atoms with Gasteiger partial charge in [0, 0.05) is 12.6 Å². The van der Waals surface area contributed by atoms with Crippen molar-refractivity contribution in [3.63, 3.8) is 0 Å². The van der Waals surface area contributed by atoms with Crippen LogP contribution in [0.5, 0.6) is 0 Å². The third-order valence-corrected chi connectivity index (χ3v) is 3.17. The third kappa shape index (κ3) is 6.22. The van der Waals surface area contributed by atoms with Crippen LogP contribution in [0.25, 0.3) is 0 Å². The van der Waals surface area contributed by atoms with Gasteiger partial charge >= 0.3 is 6.03 Å². The van der Waals surface area contributed by atoms with Crippen LogP contribution >= 0.6 is 0 Å². The maximum atomic E-state index is 13.0. The molecule has 0 radical (unpaired) electrons. The second-order valence-electron chi connectivity index (χ2n) is 5.46. The monoisotopic (exact) mass is 309 g/mol. The van der Waals surface area contributed by atoms with E-state index in [0.717, 1.165) is 12.0 Å². The molecule has 6 heteroatoms. The predicted octanol–water partition coefficient (Wildman–Crippen LogP) is 2.35. The van der Waals surface area contributed by atoms with Gasteiger partial charge in [0.15, 0.2) is 0 Å². The van der Waals surface area contributed by atoms with Gasteiger partial charge in [0.25, 0.3) is 0 Å². The highest BCUT2D eigenvalue weighted by Crippen LogP contribution is 2.21. The van der Waals surface area contributed by atoms with Gasteiger partial charge in [0.2, 0.25) is 5.91 Å². The summed E-state index contributed by atoms with van der Waals surface area (Å²) in [5.41, 5.74) is 0.902. The fourth-order valence-corrected chi connectivity index (χ4v) is 2.06. The number of amides is 3. The third-order valence-electron chi connectivity index (χ3n) is 3.17. The van der Waals surface area contributed by atoms with E-state index in [9.17, 15) is 14.0 Å². The van der Waals surface area contributed by atoms with E-state index < -0.39 is 11.9 Å². The molecule has 0 saturated heterocycles. The van der Waals surface area contributed by atoms with Crippen LogP contribution in [0.1, 0.15) is 38.8 Å². The van der Waals surface area contributed by atoms with Crippen LogP contribution in [0, 0.1) is 11.7 Å². The average molecular weight is 309 g/mol. The van der Waals surface area contributed by atoms with Crippen molar-refractivity contribution in [2.75, 3.05) is 13.1 Å². The van der Waals surface area contributed by atoms with Crippen LogP contribution in [0.3, 0.4) is 0 Å². The Kier molecular flexibility index (Phi) is 7.52. The van der Waals surface area contributed by atoms with E-state index in [1.807, 2.05) is 20.8 Å². The fourth-order valence-electron chi connectivity index (χ4n) is 2.06. The number of rotatable bonds is 7. The first-order valence-corrected chi connectivity index (χ1v) is 7.50. The van der Waals surface area contributed by atoms with E-state index >= 15 is 0 Å². The molecule has 122 valence electrons. The van der Waals surface area contributed by atoms with Crippen molar-refractivity contribution in [1.82, 2.24) is 16.0 Å². The lowest BCUT2D eigenvalue weighted by molar-refractivity contribution is -0.119. The molecule has 0 aromatic heterocycles. The lowest BCUT2D eigenvalue weighted by Gasteiger charge is -2.22. The Bertz CT molecular complexity index is 489. The molecule has 0 bridgehead atoms. The van der Waals surface area contributed by atoms with Crippen LogP contribution in [0.4, 0.5) is 9.18 Å². The molecular formula is C16H24FN3O2. The summed E-state index contributed by atoms with van der Waals surface area (Å²) in [6.07, 6.45) is 0.805. The lowest BCUT2D eigenvalue weighted by atomic mass is 9.96. The topological polar surface area (TPSA) is 70.2 Å². The summed E-state index contributed by atoms with van der Waals surface area (Å²) >= 11 is 0. The maximum Gasteiger partial charge on any atom is 0.321 e. The van der Waals surface area contributed by atoms with Crippen molar-refractivity contribution in [3.05, 3.63) is 35.6 Å². The number of urea groups is 1. The quantitative estimate of drug-likeness (QED) is 0.724. The van der Waals surface area contributed by atoms with E-state index in [2.05, 4.69) is 16.0 Å². The van der Waals surface area contributed by atoms with Crippen LogP contribution in [0.2, 0.25) is 0 Å². The molecule has 3 N–H and O–H groups in total. The van der Waals surface area contributed by atoms with E-state index in [4.69, 9.17) is 0 Å². The maximum absolute atomic E-state index is 13.0. The number of imide groups is 1. The average Bonchev–Trinajstić information content (AvgIpc) is 2.46. The Morgan fingerprint density at radius 3 is 2.36 bits per heavy atom. The lowest BCUT2D eigenvalue weighted by Crippen LogP contribution is -2.44. The predicted molar refractivity (Wildman–Crippen MR) is 83.8 cm³/mol. The Morgan fingerprint density at radius 2 is 1.82 bits per heavy atom. The summed E-state index contributed by atoms with van der Waals surface area (Å²) in [4.78, 5) is 23.1. The van der Waals surface area contributed by atoms with Crippen molar-refractivity contribution in [2.45, 2.75) is 33.2 Å². The normalized spacial score (nSPS) is 12.0. The summed E-state index contributed by atoms with van der Waals surface area (Å²) in [6, 6.07) is 5.59. The van der Waals surface area contributed by atoms with Gasteiger partial charge < -0.3 is 10.6 Å². The number of nitrogens with one attached hydrogen (secondary N) is 3. The highest BCUT2D eigenvalue weighted by Gasteiger charge is 2.17. The first kappa shape index (κ1) is 18.1. The molecule has 1 rings (SSSR count). The minimum Gasteiger partial charge on any atom is -0.338 e. The number of carbonyl (C=O) groups excluding carboxylic acids is 2. The largest absolute Gasteiger partial charge is 0.338 e. The molecule has 5 nitrogen and oxygen atoms in total. The van der Waals surface area contributed by atoms with Crippen molar-refractivity contribution in [1.29, 1.82) is 0 Å². The second-order valence-corrected chi connectivity index (χ2v) is 5.46. The number of benzene rings is 1. The zero-order valence-electron chi connectivity index (χ0n) is 13.3. The Hall–Kier alpha value is -1.95. The van der Waals surface area contributed by atoms with Crippen LogP contribution in [-0.4, -0.2) is 25.0 Å². The zero-order chi connectivity index (χ0) is 16.5. The molecule has 0 unspecified atom stereocenters. The number of hydrogen-bond acceptors (Lipinski definition) is 3. The van der Waals surface area contributed by atoms with Gasteiger partial charge in [-0.25, -0.2) is 9.18 Å². The minimum atomic E-state index is -0.489. The zero-order valence-corrected chi connectivity index (χ0v) is 13.3. The minimum absolute atomic E-state index is 0.0137. The highest BCUT2D eigenvalue weighted by molar-refractivity contribution is 5.95. The number of hydrogen-bond donors (Lipinski definition) is 3. The Balaban J connectivity index is 2.52. The second kappa shape index (κ2) is 9.15. The molecule has 1 aromatic carbocycles. The van der Waals surface area contributed by atoms with Crippen LogP contribution in [0.15, 0.2) is 24.3 Å². The van der Waals surface area contributed by atoms with Gasteiger partial charge in [-0.3, -0.25) is 10.1 Å². The summed E-state index contributed by atoms with van der Waals surface area (Å²) in [5, 5.41) is 7.93. The molecule has 3 amide bonds. The molecule has 1 aromatic rings. The summed E-state index contributed by atoms with van der Waals surface area (Å²) in [7, 11) is 0. The molecule has 1 atom stereocenters. The molecule has 0 aliphatic carbocycles. The van der Waals surface area contributed by atoms with E-state index in [1.165, 1.54) is 12.1 Å². The molecule has 22 heavy (non-hydrogen) atoms. The van der Waals surface area contributed by atoms with Gasteiger partial charge in [0.05, 0.1) is 6.54 Å². The van der Waals surface area contributed by atoms with Gasteiger partial charge in [-0.2, -0.15) is 0 Å². The number of carbonyl (C=O) groups is 2. The summed E-state index contributed by atoms with van der Waals surface area (Å²) in [6.45, 7) is 6.48. The van der Waals surface area contributed by atoms with Gasteiger partial charge in [-0.15, -0.1) is 0 Å². The summed E-state index contributed by atoms with van der Waals surface area (Å²) in [5.74, 6) is -0.481. The molecule has 0 saturated carbocycles. The fraction of sp³-hybridized carbons (Fsp3) is 0.500. The SMILES string of the molecule is CCCNC(=O)NC(=O)CN[C@H](c1ccc(F)cc1)C(C)C. The highest BCUT2D eigenvalue weighted by atomic mass is 19.1. The molecular weight excluding hydrogens is 285 g/mol. The van der Waals surface area contributed by atoms with Crippen molar-refractivity contribution >= 4 is 11.9 Å². The van der Waals surface area contributed by atoms with Crippen molar-refractivity contribution in [2.24, 2.45) is 5.92 Å². The molecule has 0 spiro atoms. The smallest absolute Gasteiger partial charge is 0.321 e. The first-order valence-electron chi connectivity index (χ1n) is 7.50. The van der Waals surface area contributed by atoms with Crippen molar-refractivity contribution in [3.8, 4) is 0 Å². The van der Waals surface area contributed by atoms with Crippen LogP contribution in [-0.2, 0) is 4.79 Å². The molecule has 0 fully saturated rings. The number of halogens is 1. The first-order chi connectivity index (χ1) is 10.4. The molecule has 0 aliphatic heterocycles.